The average molecular weight is 573 g/mol. The van der Waals surface area contributed by atoms with Gasteiger partial charge in [-0.25, -0.2) is 4.79 Å². The van der Waals surface area contributed by atoms with Crippen molar-refractivity contribution in [3.63, 3.8) is 0 Å². The zero-order valence-electron chi connectivity index (χ0n) is 19.6. The number of nitrogens with zero attached hydrogens (tertiary/aromatic N) is 1. The van der Waals surface area contributed by atoms with Crippen LogP contribution in [-0.4, -0.2) is 29.7 Å². The molecule has 0 saturated carbocycles. The van der Waals surface area contributed by atoms with Gasteiger partial charge >= 0.3 is 6.09 Å². The number of benzene rings is 3. The highest BCUT2D eigenvalue weighted by molar-refractivity contribution is 14.0. The Kier molecular flexibility index (Phi) is 8.95. The van der Waals surface area contributed by atoms with E-state index in [0.717, 1.165) is 25.9 Å². The van der Waals surface area contributed by atoms with E-state index >= 15 is 0 Å². The van der Waals surface area contributed by atoms with Crippen LogP contribution in [0.2, 0.25) is 0 Å². The minimum absolute atomic E-state index is 0. The Morgan fingerprint density at radius 2 is 1.48 bits per heavy atom. The van der Waals surface area contributed by atoms with Crippen LogP contribution in [0.15, 0.2) is 84.9 Å². The van der Waals surface area contributed by atoms with Gasteiger partial charge in [0.25, 0.3) is 0 Å². The van der Waals surface area contributed by atoms with E-state index in [9.17, 15) is 4.79 Å². The molecule has 0 aromatic heterocycles. The molecule has 1 atom stereocenters. The summed E-state index contributed by atoms with van der Waals surface area (Å²) in [6.07, 6.45) is 1.82. The molecule has 3 aromatic rings. The van der Waals surface area contributed by atoms with Gasteiger partial charge < -0.3 is 9.64 Å². The lowest BCUT2D eigenvalue weighted by Gasteiger charge is -2.24. The molecule has 0 unspecified atom stereocenters. The molecule has 0 radical (unpaired) electrons. The molecular formula is C28H33INO2P. The fourth-order valence-electron chi connectivity index (χ4n) is 4.25. The lowest BCUT2D eigenvalue weighted by atomic mass is 9.99. The van der Waals surface area contributed by atoms with E-state index in [4.69, 9.17) is 4.74 Å². The Morgan fingerprint density at radius 3 is 2.06 bits per heavy atom. The van der Waals surface area contributed by atoms with Crippen molar-refractivity contribution in [1.29, 1.82) is 0 Å². The molecule has 1 heterocycles. The first-order valence-corrected chi connectivity index (χ1v) is 12.7. The van der Waals surface area contributed by atoms with Crippen LogP contribution in [0, 0.1) is 5.92 Å². The Morgan fingerprint density at radius 1 is 0.909 bits per heavy atom. The Bertz CT molecular complexity index is 997. The minimum atomic E-state index is -0.599. The fourth-order valence-corrected chi connectivity index (χ4v) is 6.61. The van der Waals surface area contributed by atoms with E-state index in [2.05, 4.69) is 84.9 Å². The van der Waals surface area contributed by atoms with Gasteiger partial charge in [-0.2, -0.15) is 0 Å². The maximum absolute atomic E-state index is 12.4. The van der Waals surface area contributed by atoms with Crippen LogP contribution in [0.5, 0.6) is 0 Å². The van der Waals surface area contributed by atoms with Crippen molar-refractivity contribution >= 4 is 53.9 Å². The normalized spacial score (nSPS) is 15.9. The molecule has 1 aliphatic rings. The SMILES string of the molecule is CC(C)(C)OC(=O)N1CC[C@@H](Cc2cccc(P(c3ccccc3)c3ccccc3)c2)C1.I. The van der Waals surface area contributed by atoms with E-state index in [1.54, 1.807) is 0 Å². The highest BCUT2D eigenvalue weighted by Gasteiger charge is 2.30. The predicted octanol–water partition coefficient (Wildman–Crippen LogP) is 5.86. The highest BCUT2D eigenvalue weighted by atomic mass is 127. The summed E-state index contributed by atoms with van der Waals surface area (Å²) >= 11 is 0. The van der Waals surface area contributed by atoms with Crippen molar-refractivity contribution < 1.29 is 9.53 Å². The van der Waals surface area contributed by atoms with Crippen molar-refractivity contribution in [3.05, 3.63) is 90.5 Å². The van der Waals surface area contributed by atoms with Gasteiger partial charge in [0.1, 0.15) is 5.60 Å². The molecule has 3 aromatic carbocycles. The van der Waals surface area contributed by atoms with Gasteiger partial charge in [0, 0.05) is 13.1 Å². The largest absolute Gasteiger partial charge is 0.444 e. The Labute approximate surface area is 216 Å². The monoisotopic (exact) mass is 573 g/mol. The maximum Gasteiger partial charge on any atom is 0.410 e. The fraction of sp³-hybridized carbons (Fsp3) is 0.321. The maximum atomic E-state index is 12.4. The molecule has 174 valence electrons. The number of ether oxygens (including phenoxy) is 1. The molecule has 0 bridgehead atoms. The second-order valence-corrected chi connectivity index (χ2v) is 11.7. The highest BCUT2D eigenvalue weighted by Crippen LogP contribution is 2.33. The van der Waals surface area contributed by atoms with E-state index in [-0.39, 0.29) is 30.1 Å². The minimum Gasteiger partial charge on any atom is -0.444 e. The van der Waals surface area contributed by atoms with Crippen LogP contribution in [0.3, 0.4) is 0 Å². The number of halogens is 1. The first-order chi connectivity index (χ1) is 15.4. The molecule has 0 aliphatic carbocycles. The molecule has 1 fully saturated rings. The van der Waals surface area contributed by atoms with E-state index in [0.29, 0.717) is 5.92 Å². The third-order valence-corrected chi connectivity index (χ3v) is 8.08. The number of likely N-dealkylation sites (tertiary alicyclic amines) is 1. The van der Waals surface area contributed by atoms with Crippen LogP contribution in [-0.2, 0) is 11.2 Å². The zero-order valence-corrected chi connectivity index (χ0v) is 22.8. The van der Waals surface area contributed by atoms with Crippen LogP contribution >= 0.6 is 31.9 Å². The van der Waals surface area contributed by atoms with Crippen molar-refractivity contribution in [2.24, 2.45) is 5.92 Å². The summed E-state index contributed by atoms with van der Waals surface area (Å²) in [5.41, 5.74) is 0.896. The van der Waals surface area contributed by atoms with Crippen LogP contribution < -0.4 is 15.9 Å². The van der Waals surface area contributed by atoms with Gasteiger partial charge in [0.05, 0.1) is 0 Å². The molecule has 1 amide bonds. The molecule has 33 heavy (non-hydrogen) atoms. The topological polar surface area (TPSA) is 29.5 Å². The standard InChI is InChI=1S/C28H32NO2P.HI/c1-28(2,3)31-27(30)29-18-17-23(21-29)19-22-11-10-16-26(20-22)32(24-12-6-4-7-13-24)25-14-8-5-9-15-25;/h4-16,20,23H,17-19,21H2,1-3H3;1H/t23-;/m0./s1. The van der Waals surface area contributed by atoms with Crippen molar-refractivity contribution in [3.8, 4) is 0 Å². The van der Waals surface area contributed by atoms with Gasteiger partial charge in [-0.3, -0.25) is 0 Å². The van der Waals surface area contributed by atoms with Crippen LogP contribution in [0.25, 0.3) is 0 Å². The third-order valence-electron chi connectivity index (χ3n) is 5.66. The van der Waals surface area contributed by atoms with E-state index in [1.165, 1.54) is 21.5 Å². The third kappa shape index (κ3) is 7.04. The van der Waals surface area contributed by atoms with Crippen molar-refractivity contribution in [2.75, 3.05) is 13.1 Å². The van der Waals surface area contributed by atoms with Crippen molar-refractivity contribution in [1.82, 2.24) is 4.90 Å². The molecule has 4 rings (SSSR count). The zero-order chi connectivity index (χ0) is 22.6. The van der Waals surface area contributed by atoms with E-state index < -0.39 is 13.5 Å². The lowest BCUT2D eigenvalue weighted by molar-refractivity contribution is 0.0288. The first-order valence-electron chi connectivity index (χ1n) is 11.4. The van der Waals surface area contributed by atoms with Gasteiger partial charge in [0.2, 0.25) is 0 Å². The Balaban J connectivity index is 0.00000306. The second kappa shape index (κ2) is 11.5. The summed E-state index contributed by atoms with van der Waals surface area (Å²) in [6.45, 7) is 7.30. The van der Waals surface area contributed by atoms with Crippen LogP contribution in [0.4, 0.5) is 4.79 Å². The quantitative estimate of drug-likeness (QED) is 0.283. The summed E-state index contributed by atoms with van der Waals surface area (Å²) < 4.78 is 5.56. The number of hydrogen-bond acceptors (Lipinski definition) is 2. The molecule has 1 aliphatic heterocycles. The number of carbonyl (C=O) groups excluding carboxylic acids is 1. The molecular weight excluding hydrogens is 540 g/mol. The summed E-state index contributed by atoms with van der Waals surface area (Å²) in [7, 11) is -0.599. The summed E-state index contributed by atoms with van der Waals surface area (Å²) in [5.74, 6) is 0.470. The molecule has 1 saturated heterocycles. The number of carbonyl (C=O) groups is 1. The predicted molar refractivity (Wildman–Crippen MR) is 150 cm³/mol. The Hall–Kier alpha value is -1.91. The average Bonchev–Trinajstić information content (AvgIpc) is 3.23. The molecule has 3 nitrogen and oxygen atoms in total. The number of hydrogen-bond donors (Lipinski definition) is 0. The lowest BCUT2D eigenvalue weighted by Crippen LogP contribution is -2.35. The summed E-state index contributed by atoms with van der Waals surface area (Å²) in [4.78, 5) is 14.3. The first kappa shape index (κ1) is 25.7. The number of rotatable bonds is 5. The van der Waals surface area contributed by atoms with Gasteiger partial charge in [-0.1, -0.05) is 84.9 Å². The molecule has 0 N–H and O–H groups in total. The van der Waals surface area contributed by atoms with Crippen molar-refractivity contribution in [2.45, 2.75) is 39.2 Å². The molecule has 0 spiro atoms. The van der Waals surface area contributed by atoms with E-state index in [1.807, 2.05) is 25.7 Å². The van der Waals surface area contributed by atoms with Gasteiger partial charge in [0.15, 0.2) is 0 Å². The van der Waals surface area contributed by atoms with Crippen LogP contribution in [0.1, 0.15) is 32.8 Å². The van der Waals surface area contributed by atoms with Gasteiger partial charge in [-0.05, 0) is 68.9 Å². The van der Waals surface area contributed by atoms with Gasteiger partial charge in [-0.15, -0.1) is 24.0 Å². The summed E-state index contributed by atoms with van der Waals surface area (Å²) in [5, 5.41) is 4.10. The second-order valence-electron chi connectivity index (χ2n) is 9.46. The molecule has 5 heteroatoms. The smallest absolute Gasteiger partial charge is 0.410 e. The number of amides is 1. The summed E-state index contributed by atoms with van der Waals surface area (Å²) in [6, 6.07) is 30.7.